The molecule has 0 saturated carbocycles. The van der Waals surface area contributed by atoms with Crippen molar-refractivity contribution < 1.29 is 18.3 Å². The molecule has 0 radical (unpaired) electrons. The molecule has 1 aliphatic rings. The summed E-state index contributed by atoms with van der Waals surface area (Å²) < 4.78 is 32.0. The van der Waals surface area contributed by atoms with Gasteiger partial charge in [-0.25, -0.2) is 8.78 Å². The Hall–Kier alpha value is -1.40. The number of rotatable bonds is 4. The molecule has 0 bridgehead atoms. The third-order valence-electron chi connectivity index (χ3n) is 4.12. The lowest BCUT2D eigenvalue weighted by molar-refractivity contribution is -0.137. The van der Waals surface area contributed by atoms with Gasteiger partial charge in [-0.2, -0.15) is 0 Å². The third-order valence-corrected chi connectivity index (χ3v) is 4.12. The zero-order valence-electron chi connectivity index (χ0n) is 13.3. The quantitative estimate of drug-likeness (QED) is 0.910. The number of halogens is 3. The Morgan fingerprint density at radius 3 is 2.43 bits per heavy atom. The molecule has 0 spiro atoms. The van der Waals surface area contributed by atoms with Crippen molar-refractivity contribution in [3.63, 3.8) is 0 Å². The Kier molecular flexibility index (Phi) is 7.22. The van der Waals surface area contributed by atoms with E-state index >= 15 is 0 Å². The van der Waals surface area contributed by atoms with Crippen LogP contribution in [0.5, 0.6) is 5.75 Å². The number of hydrogen-bond acceptors (Lipinski definition) is 3. The van der Waals surface area contributed by atoms with Crippen molar-refractivity contribution in [3.05, 3.63) is 29.8 Å². The number of likely N-dealkylation sites (tertiary alicyclic amines) is 1. The number of amides is 1. The van der Waals surface area contributed by atoms with Crippen LogP contribution in [-0.4, -0.2) is 36.0 Å². The first-order valence-corrected chi connectivity index (χ1v) is 7.54. The number of carbonyl (C=O) groups excluding carboxylic acids is 1. The van der Waals surface area contributed by atoms with E-state index in [0.717, 1.165) is 6.07 Å². The number of benzene rings is 1. The average Bonchev–Trinajstić information content (AvgIpc) is 2.49. The van der Waals surface area contributed by atoms with Crippen LogP contribution in [-0.2, 0) is 4.79 Å². The standard InChI is InChI=1S/C16H22F2N2O2.ClH/c1-10(11(2)19)16(21)20-7-5-13(6-8-20)22-15-4-3-12(17)9-14(15)18;/h3-4,9-11,13H,5-8,19H2,1-2H3;1H. The second-order valence-electron chi connectivity index (χ2n) is 5.87. The molecule has 0 aliphatic carbocycles. The summed E-state index contributed by atoms with van der Waals surface area (Å²) in [5.74, 6) is -1.46. The fraction of sp³-hybridized carbons (Fsp3) is 0.562. The van der Waals surface area contributed by atoms with Crippen molar-refractivity contribution in [2.24, 2.45) is 11.7 Å². The Labute approximate surface area is 141 Å². The molecule has 4 nitrogen and oxygen atoms in total. The van der Waals surface area contributed by atoms with Crippen molar-refractivity contribution in [1.82, 2.24) is 4.90 Å². The lowest BCUT2D eigenvalue weighted by Crippen LogP contribution is -2.47. The van der Waals surface area contributed by atoms with Gasteiger partial charge in [-0.05, 0) is 19.1 Å². The lowest BCUT2D eigenvalue weighted by Gasteiger charge is -2.34. The molecule has 2 unspecified atom stereocenters. The highest BCUT2D eigenvalue weighted by atomic mass is 35.5. The van der Waals surface area contributed by atoms with E-state index in [1.54, 1.807) is 4.90 Å². The zero-order chi connectivity index (χ0) is 16.3. The van der Waals surface area contributed by atoms with Gasteiger partial charge in [0.05, 0.1) is 5.92 Å². The van der Waals surface area contributed by atoms with E-state index in [2.05, 4.69) is 0 Å². The van der Waals surface area contributed by atoms with Gasteiger partial charge < -0.3 is 15.4 Å². The van der Waals surface area contributed by atoms with Crippen LogP contribution in [0.15, 0.2) is 18.2 Å². The highest BCUT2D eigenvalue weighted by Crippen LogP contribution is 2.23. The second-order valence-corrected chi connectivity index (χ2v) is 5.87. The molecule has 1 fully saturated rings. The van der Waals surface area contributed by atoms with Crippen LogP contribution in [0.25, 0.3) is 0 Å². The fourth-order valence-corrected chi connectivity index (χ4v) is 2.46. The fourth-order valence-electron chi connectivity index (χ4n) is 2.46. The number of ether oxygens (including phenoxy) is 1. The summed E-state index contributed by atoms with van der Waals surface area (Å²) in [4.78, 5) is 14.0. The highest BCUT2D eigenvalue weighted by Gasteiger charge is 2.28. The maximum atomic E-state index is 13.6. The van der Waals surface area contributed by atoms with Crippen LogP contribution in [0.3, 0.4) is 0 Å². The molecule has 2 N–H and O–H groups in total. The Balaban J connectivity index is 0.00000264. The van der Waals surface area contributed by atoms with E-state index in [9.17, 15) is 13.6 Å². The van der Waals surface area contributed by atoms with Gasteiger partial charge in [-0.15, -0.1) is 12.4 Å². The maximum absolute atomic E-state index is 13.6. The van der Waals surface area contributed by atoms with E-state index in [1.807, 2.05) is 13.8 Å². The van der Waals surface area contributed by atoms with Crippen molar-refractivity contribution >= 4 is 18.3 Å². The van der Waals surface area contributed by atoms with Gasteiger partial charge in [-0.3, -0.25) is 4.79 Å². The Morgan fingerprint density at radius 2 is 1.91 bits per heavy atom. The van der Waals surface area contributed by atoms with Gasteiger partial charge in [0.15, 0.2) is 11.6 Å². The average molecular weight is 349 g/mol. The molecule has 1 amide bonds. The second kappa shape index (κ2) is 8.45. The van der Waals surface area contributed by atoms with E-state index in [0.29, 0.717) is 25.9 Å². The van der Waals surface area contributed by atoms with Crippen molar-refractivity contribution in [2.45, 2.75) is 38.8 Å². The summed E-state index contributed by atoms with van der Waals surface area (Å²) in [6.07, 6.45) is 1.07. The molecule has 130 valence electrons. The highest BCUT2D eigenvalue weighted by molar-refractivity contribution is 5.85. The van der Waals surface area contributed by atoms with Gasteiger partial charge in [0.25, 0.3) is 0 Å². The zero-order valence-corrected chi connectivity index (χ0v) is 14.1. The number of nitrogens with two attached hydrogens (primary N) is 1. The molecule has 1 aliphatic heterocycles. The molecular formula is C16H23ClF2N2O2. The first kappa shape index (κ1) is 19.6. The first-order chi connectivity index (χ1) is 10.4. The topological polar surface area (TPSA) is 55.6 Å². The lowest BCUT2D eigenvalue weighted by atomic mass is 10.0. The van der Waals surface area contributed by atoms with Crippen LogP contribution < -0.4 is 10.5 Å². The van der Waals surface area contributed by atoms with Crippen molar-refractivity contribution in [1.29, 1.82) is 0 Å². The Bertz CT molecular complexity index is 535. The molecule has 7 heteroatoms. The smallest absolute Gasteiger partial charge is 0.226 e. The largest absolute Gasteiger partial charge is 0.487 e. The molecule has 1 heterocycles. The van der Waals surface area contributed by atoms with Crippen LogP contribution in [0, 0.1) is 17.6 Å². The van der Waals surface area contributed by atoms with Crippen LogP contribution in [0.2, 0.25) is 0 Å². The summed E-state index contributed by atoms with van der Waals surface area (Å²) >= 11 is 0. The van der Waals surface area contributed by atoms with Crippen LogP contribution in [0.4, 0.5) is 8.78 Å². The van der Waals surface area contributed by atoms with E-state index in [4.69, 9.17) is 10.5 Å². The SMILES string of the molecule is CC(N)C(C)C(=O)N1CCC(Oc2ccc(F)cc2F)CC1.Cl. The Morgan fingerprint density at radius 1 is 1.30 bits per heavy atom. The van der Waals surface area contributed by atoms with Gasteiger partial charge in [0, 0.05) is 38.0 Å². The monoisotopic (exact) mass is 348 g/mol. The summed E-state index contributed by atoms with van der Waals surface area (Å²) in [5, 5.41) is 0. The van der Waals surface area contributed by atoms with E-state index < -0.39 is 11.6 Å². The van der Waals surface area contributed by atoms with Gasteiger partial charge in [0.2, 0.25) is 5.91 Å². The van der Waals surface area contributed by atoms with Crippen LogP contribution >= 0.6 is 12.4 Å². The summed E-state index contributed by atoms with van der Waals surface area (Å²) in [5.41, 5.74) is 5.76. The normalized spacial score (nSPS) is 18.0. The molecule has 2 atom stereocenters. The van der Waals surface area contributed by atoms with Crippen molar-refractivity contribution in [2.75, 3.05) is 13.1 Å². The predicted molar refractivity (Wildman–Crippen MR) is 86.6 cm³/mol. The van der Waals surface area contributed by atoms with Gasteiger partial charge >= 0.3 is 0 Å². The molecule has 2 rings (SSSR count). The minimum absolute atomic E-state index is 0. The van der Waals surface area contributed by atoms with Crippen LogP contribution in [0.1, 0.15) is 26.7 Å². The minimum Gasteiger partial charge on any atom is -0.487 e. The maximum Gasteiger partial charge on any atom is 0.226 e. The van der Waals surface area contributed by atoms with E-state index in [1.165, 1.54) is 12.1 Å². The molecular weight excluding hydrogens is 326 g/mol. The van der Waals surface area contributed by atoms with Crippen molar-refractivity contribution in [3.8, 4) is 5.75 Å². The molecule has 1 aromatic rings. The predicted octanol–water partition coefficient (Wildman–Crippen LogP) is 2.74. The third kappa shape index (κ3) is 5.04. The number of hydrogen-bond donors (Lipinski definition) is 1. The summed E-state index contributed by atoms with van der Waals surface area (Å²) in [6.45, 7) is 4.76. The molecule has 0 aromatic heterocycles. The van der Waals surface area contributed by atoms with Gasteiger partial charge in [0.1, 0.15) is 11.9 Å². The molecule has 1 aromatic carbocycles. The van der Waals surface area contributed by atoms with E-state index in [-0.39, 0.29) is 42.1 Å². The molecule has 1 saturated heterocycles. The number of nitrogens with zero attached hydrogens (tertiary/aromatic N) is 1. The summed E-state index contributed by atoms with van der Waals surface area (Å²) in [6, 6.07) is 3.08. The summed E-state index contributed by atoms with van der Waals surface area (Å²) in [7, 11) is 0. The number of piperidine rings is 1. The minimum atomic E-state index is -0.705. The molecule has 23 heavy (non-hydrogen) atoms. The van der Waals surface area contributed by atoms with Gasteiger partial charge in [-0.1, -0.05) is 6.92 Å². The first-order valence-electron chi connectivity index (χ1n) is 7.54. The number of carbonyl (C=O) groups is 1.